The molecule has 0 aliphatic carbocycles. The average molecular weight is 221 g/mol. The first kappa shape index (κ1) is 10.9. The van der Waals surface area contributed by atoms with Crippen LogP contribution in [-0.2, 0) is 19.6 Å². The summed E-state index contributed by atoms with van der Waals surface area (Å²) in [5.74, 6) is 1.32. The van der Waals surface area contributed by atoms with Crippen molar-refractivity contribution in [2.24, 2.45) is 0 Å². The van der Waals surface area contributed by atoms with Crippen LogP contribution < -0.4 is 0 Å². The lowest BCUT2D eigenvalue weighted by Gasteiger charge is -2.02. The third kappa shape index (κ3) is 2.30. The number of rotatable bonds is 5. The summed E-state index contributed by atoms with van der Waals surface area (Å²) < 4.78 is 6.99. The molecular weight excluding hydrogens is 206 g/mol. The van der Waals surface area contributed by atoms with Crippen molar-refractivity contribution in [2.75, 3.05) is 0 Å². The Morgan fingerprint density at radius 3 is 3.12 bits per heavy atom. The van der Waals surface area contributed by atoms with Crippen molar-refractivity contribution in [1.29, 1.82) is 0 Å². The van der Waals surface area contributed by atoms with Gasteiger partial charge in [-0.05, 0) is 18.6 Å². The second-order valence-corrected chi connectivity index (χ2v) is 3.64. The van der Waals surface area contributed by atoms with Crippen molar-refractivity contribution >= 4 is 0 Å². The summed E-state index contributed by atoms with van der Waals surface area (Å²) in [6, 6.07) is 3.76. The van der Waals surface area contributed by atoms with Gasteiger partial charge in [-0.2, -0.15) is 4.98 Å². The second kappa shape index (κ2) is 4.94. The zero-order valence-electron chi connectivity index (χ0n) is 9.26. The Morgan fingerprint density at radius 1 is 1.50 bits per heavy atom. The molecule has 0 spiro atoms. The summed E-state index contributed by atoms with van der Waals surface area (Å²) in [5.41, 5.74) is 0.849. The van der Waals surface area contributed by atoms with Crippen molar-refractivity contribution in [2.45, 2.75) is 32.9 Å². The molecule has 2 aromatic heterocycles. The maximum atomic E-state index is 9.09. The SMILES string of the molecule is CCCc1nc(Cn2cccc2CO)no1. The number of aliphatic hydroxyl groups is 1. The summed E-state index contributed by atoms with van der Waals surface area (Å²) >= 11 is 0. The molecule has 0 radical (unpaired) electrons. The van der Waals surface area contributed by atoms with Crippen LogP contribution in [0.15, 0.2) is 22.9 Å². The van der Waals surface area contributed by atoms with E-state index in [-0.39, 0.29) is 6.61 Å². The third-order valence-electron chi connectivity index (χ3n) is 2.37. The zero-order chi connectivity index (χ0) is 11.4. The average Bonchev–Trinajstić information content (AvgIpc) is 2.89. The molecule has 2 aromatic rings. The standard InChI is InChI=1S/C11H15N3O2/c1-2-4-11-12-10(13-16-11)7-14-6-3-5-9(14)8-15/h3,5-6,15H,2,4,7-8H2,1H3. The fraction of sp³-hybridized carbons (Fsp3) is 0.455. The summed E-state index contributed by atoms with van der Waals surface area (Å²) in [7, 11) is 0. The van der Waals surface area contributed by atoms with Crippen molar-refractivity contribution < 1.29 is 9.63 Å². The van der Waals surface area contributed by atoms with E-state index in [1.807, 2.05) is 22.9 Å². The molecule has 0 saturated carbocycles. The van der Waals surface area contributed by atoms with E-state index < -0.39 is 0 Å². The fourth-order valence-electron chi connectivity index (χ4n) is 1.57. The predicted octanol–water partition coefficient (Wildman–Crippen LogP) is 1.36. The molecule has 0 atom stereocenters. The highest BCUT2D eigenvalue weighted by Crippen LogP contribution is 2.06. The van der Waals surface area contributed by atoms with Gasteiger partial charge in [-0.3, -0.25) is 0 Å². The van der Waals surface area contributed by atoms with E-state index in [1.165, 1.54) is 0 Å². The van der Waals surface area contributed by atoms with Crippen LogP contribution in [0.4, 0.5) is 0 Å². The normalized spacial score (nSPS) is 10.9. The van der Waals surface area contributed by atoms with Gasteiger partial charge in [0.2, 0.25) is 5.89 Å². The van der Waals surface area contributed by atoms with E-state index in [4.69, 9.17) is 9.63 Å². The quantitative estimate of drug-likeness (QED) is 0.828. The third-order valence-corrected chi connectivity index (χ3v) is 2.37. The minimum absolute atomic E-state index is 0.0205. The Hall–Kier alpha value is -1.62. The first-order chi connectivity index (χ1) is 7.83. The van der Waals surface area contributed by atoms with Gasteiger partial charge in [-0.15, -0.1) is 0 Å². The summed E-state index contributed by atoms with van der Waals surface area (Å²) in [4.78, 5) is 4.27. The van der Waals surface area contributed by atoms with E-state index in [9.17, 15) is 0 Å². The van der Waals surface area contributed by atoms with E-state index >= 15 is 0 Å². The fourth-order valence-corrected chi connectivity index (χ4v) is 1.57. The molecule has 0 fully saturated rings. The minimum atomic E-state index is 0.0205. The maximum absolute atomic E-state index is 9.09. The number of aliphatic hydroxyl groups excluding tert-OH is 1. The maximum Gasteiger partial charge on any atom is 0.226 e. The van der Waals surface area contributed by atoms with Crippen molar-refractivity contribution in [3.05, 3.63) is 35.7 Å². The summed E-state index contributed by atoms with van der Waals surface area (Å²) in [6.45, 7) is 2.63. The monoisotopic (exact) mass is 221 g/mol. The van der Waals surface area contributed by atoms with Gasteiger partial charge in [0.25, 0.3) is 0 Å². The molecule has 0 aliphatic heterocycles. The largest absolute Gasteiger partial charge is 0.390 e. The summed E-state index contributed by atoms with van der Waals surface area (Å²) in [5, 5.41) is 13.0. The van der Waals surface area contributed by atoms with Crippen LogP contribution in [0.2, 0.25) is 0 Å². The predicted molar refractivity (Wildman–Crippen MR) is 57.7 cm³/mol. The van der Waals surface area contributed by atoms with Crippen molar-refractivity contribution in [1.82, 2.24) is 14.7 Å². The molecule has 86 valence electrons. The first-order valence-electron chi connectivity index (χ1n) is 5.39. The number of aryl methyl sites for hydroxylation is 1. The van der Waals surface area contributed by atoms with Crippen LogP contribution in [0.5, 0.6) is 0 Å². The van der Waals surface area contributed by atoms with E-state index in [2.05, 4.69) is 17.1 Å². The molecule has 2 heterocycles. The van der Waals surface area contributed by atoms with E-state index in [1.54, 1.807) is 0 Å². The van der Waals surface area contributed by atoms with Gasteiger partial charge >= 0.3 is 0 Å². The second-order valence-electron chi connectivity index (χ2n) is 3.64. The Balaban J connectivity index is 2.08. The Labute approximate surface area is 93.7 Å². The van der Waals surface area contributed by atoms with Crippen LogP contribution in [0.25, 0.3) is 0 Å². The molecule has 5 nitrogen and oxygen atoms in total. The number of nitrogens with zero attached hydrogens (tertiary/aromatic N) is 3. The number of hydrogen-bond donors (Lipinski definition) is 1. The first-order valence-corrected chi connectivity index (χ1v) is 5.39. The summed E-state index contributed by atoms with van der Waals surface area (Å²) in [6.07, 6.45) is 3.69. The molecule has 16 heavy (non-hydrogen) atoms. The van der Waals surface area contributed by atoms with Crippen LogP contribution in [0.3, 0.4) is 0 Å². The minimum Gasteiger partial charge on any atom is -0.390 e. The highest BCUT2D eigenvalue weighted by molar-refractivity contribution is 5.07. The molecular formula is C11H15N3O2. The number of aromatic nitrogens is 3. The lowest BCUT2D eigenvalue weighted by molar-refractivity contribution is 0.271. The van der Waals surface area contributed by atoms with Crippen LogP contribution in [0, 0.1) is 0 Å². The molecule has 0 saturated heterocycles. The lowest BCUT2D eigenvalue weighted by atomic mass is 10.3. The Kier molecular flexibility index (Phi) is 3.36. The molecule has 0 unspecified atom stereocenters. The van der Waals surface area contributed by atoms with Crippen LogP contribution in [-0.4, -0.2) is 19.8 Å². The van der Waals surface area contributed by atoms with Gasteiger partial charge in [0.05, 0.1) is 13.2 Å². The molecule has 2 rings (SSSR count). The highest BCUT2D eigenvalue weighted by atomic mass is 16.5. The highest BCUT2D eigenvalue weighted by Gasteiger charge is 2.07. The van der Waals surface area contributed by atoms with Gasteiger partial charge in [-0.1, -0.05) is 12.1 Å². The molecule has 0 amide bonds. The van der Waals surface area contributed by atoms with Crippen molar-refractivity contribution in [3.63, 3.8) is 0 Å². The van der Waals surface area contributed by atoms with Gasteiger partial charge in [0, 0.05) is 18.3 Å². The van der Waals surface area contributed by atoms with E-state index in [0.29, 0.717) is 18.3 Å². The molecule has 0 aromatic carbocycles. The molecule has 0 aliphatic rings. The van der Waals surface area contributed by atoms with Gasteiger partial charge in [0.1, 0.15) is 0 Å². The van der Waals surface area contributed by atoms with Gasteiger partial charge in [0.15, 0.2) is 5.82 Å². The molecule has 0 bridgehead atoms. The van der Waals surface area contributed by atoms with Crippen molar-refractivity contribution in [3.8, 4) is 0 Å². The smallest absolute Gasteiger partial charge is 0.226 e. The van der Waals surface area contributed by atoms with Crippen LogP contribution in [0.1, 0.15) is 30.8 Å². The van der Waals surface area contributed by atoms with Gasteiger partial charge in [-0.25, -0.2) is 0 Å². The zero-order valence-corrected chi connectivity index (χ0v) is 9.26. The number of hydrogen-bond acceptors (Lipinski definition) is 4. The van der Waals surface area contributed by atoms with Gasteiger partial charge < -0.3 is 14.2 Å². The van der Waals surface area contributed by atoms with Crippen LogP contribution >= 0.6 is 0 Å². The molecule has 1 N–H and O–H groups in total. The Morgan fingerprint density at radius 2 is 2.38 bits per heavy atom. The lowest BCUT2D eigenvalue weighted by Crippen LogP contribution is -2.04. The topological polar surface area (TPSA) is 64.1 Å². The van der Waals surface area contributed by atoms with E-state index in [0.717, 1.165) is 18.5 Å². The Bertz CT molecular complexity index is 448. The molecule has 5 heteroatoms.